The zero-order chi connectivity index (χ0) is 19.7. The number of fused-ring (bicyclic) bond motifs is 2. The Bertz CT molecular complexity index is 938. The van der Waals surface area contributed by atoms with E-state index in [0.29, 0.717) is 25.6 Å². The quantitative estimate of drug-likeness (QED) is 0.883. The number of hydrogen-bond acceptors (Lipinski definition) is 3. The number of hydrogen-bond donors (Lipinski definition) is 1. The molecule has 2 aliphatic rings. The second-order valence-electron chi connectivity index (χ2n) is 8.01. The van der Waals surface area contributed by atoms with Crippen molar-refractivity contribution in [1.82, 2.24) is 20.2 Å². The molecule has 0 unspecified atom stereocenters. The van der Waals surface area contributed by atoms with E-state index in [1.807, 2.05) is 18.3 Å². The molecule has 28 heavy (non-hydrogen) atoms. The van der Waals surface area contributed by atoms with Gasteiger partial charge in [-0.3, -0.25) is 0 Å². The van der Waals surface area contributed by atoms with Gasteiger partial charge in [0.25, 0.3) is 0 Å². The van der Waals surface area contributed by atoms with E-state index in [1.165, 1.54) is 6.07 Å². The van der Waals surface area contributed by atoms with Crippen molar-refractivity contribution >= 4 is 12.1 Å². The van der Waals surface area contributed by atoms with Gasteiger partial charge in [0.1, 0.15) is 11.6 Å². The van der Waals surface area contributed by atoms with Gasteiger partial charge in [-0.15, -0.1) is 0 Å². The van der Waals surface area contributed by atoms with Crippen LogP contribution in [0.5, 0.6) is 0 Å². The molecule has 2 heterocycles. The maximum atomic E-state index is 13.3. The van der Waals surface area contributed by atoms with E-state index in [9.17, 15) is 9.18 Å². The van der Waals surface area contributed by atoms with Crippen LogP contribution in [-0.4, -0.2) is 34.0 Å². The van der Waals surface area contributed by atoms with E-state index in [4.69, 9.17) is 0 Å². The number of nitrogens with one attached hydrogen (secondary N) is 1. The first-order valence-electron chi connectivity index (χ1n) is 9.82. The second kappa shape index (κ2) is 7.70. The van der Waals surface area contributed by atoms with Crippen molar-refractivity contribution in [2.24, 2.45) is 5.92 Å². The second-order valence-corrected chi connectivity index (χ2v) is 8.01. The molecule has 2 aromatic rings. The molecule has 1 aromatic carbocycles. The smallest absolute Gasteiger partial charge is 0.318 e. The predicted octanol–water partition coefficient (Wildman–Crippen LogP) is 3.52. The summed E-state index contributed by atoms with van der Waals surface area (Å²) in [5, 5.41) is 3.00. The molecule has 1 aromatic heterocycles. The fraction of sp³-hybridized carbons (Fsp3) is 0.409. The van der Waals surface area contributed by atoms with Crippen LogP contribution in [0.2, 0.25) is 0 Å². The predicted molar refractivity (Wildman–Crippen MR) is 106 cm³/mol. The molecule has 0 fully saturated rings. The fourth-order valence-electron chi connectivity index (χ4n) is 3.77. The van der Waals surface area contributed by atoms with E-state index in [2.05, 4.69) is 29.1 Å². The van der Waals surface area contributed by atoms with E-state index in [1.54, 1.807) is 11.0 Å². The van der Waals surface area contributed by atoms with Crippen molar-refractivity contribution < 1.29 is 9.18 Å². The van der Waals surface area contributed by atoms with E-state index < -0.39 is 0 Å². The summed E-state index contributed by atoms with van der Waals surface area (Å²) in [6.45, 7) is 5.94. The van der Waals surface area contributed by atoms with Crippen LogP contribution in [0.25, 0.3) is 6.08 Å². The molecule has 0 spiro atoms. The van der Waals surface area contributed by atoms with Crippen LogP contribution in [0.4, 0.5) is 9.18 Å². The Hall–Kier alpha value is -2.76. The lowest BCUT2D eigenvalue weighted by Crippen LogP contribution is -2.43. The average Bonchev–Trinajstić information content (AvgIpc) is 3.07. The molecule has 6 heteroatoms. The number of aromatic nitrogens is 2. The zero-order valence-electron chi connectivity index (χ0n) is 16.3. The van der Waals surface area contributed by atoms with Crippen molar-refractivity contribution in [3.05, 3.63) is 64.0 Å². The molecule has 0 saturated carbocycles. The first-order valence-corrected chi connectivity index (χ1v) is 9.82. The number of benzene rings is 1. The van der Waals surface area contributed by atoms with Crippen LogP contribution in [-0.2, 0) is 25.8 Å². The minimum Gasteiger partial charge on any atom is -0.334 e. The summed E-state index contributed by atoms with van der Waals surface area (Å²) in [7, 11) is 0. The summed E-state index contributed by atoms with van der Waals surface area (Å²) >= 11 is 0. The highest BCUT2D eigenvalue weighted by Gasteiger charge is 2.23. The average molecular weight is 380 g/mol. The summed E-state index contributed by atoms with van der Waals surface area (Å²) in [6.07, 6.45) is 6.25. The van der Waals surface area contributed by atoms with Gasteiger partial charge < -0.3 is 10.2 Å². The number of amides is 2. The third-order valence-corrected chi connectivity index (χ3v) is 5.23. The topological polar surface area (TPSA) is 58.1 Å². The third-order valence-electron chi connectivity index (χ3n) is 5.23. The van der Waals surface area contributed by atoms with Gasteiger partial charge in [-0.1, -0.05) is 26.0 Å². The lowest BCUT2D eigenvalue weighted by Gasteiger charge is -2.28. The van der Waals surface area contributed by atoms with Gasteiger partial charge in [0, 0.05) is 25.7 Å². The Morgan fingerprint density at radius 1 is 1.32 bits per heavy atom. The van der Waals surface area contributed by atoms with Crippen LogP contribution in [0.1, 0.15) is 42.1 Å². The normalized spacial score (nSPS) is 15.3. The van der Waals surface area contributed by atoms with Crippen molar-refractivity contribution in [2.75, 3.05) is 13.1 Å². The highest BCUT2D eigenvalue weighted by molar-refractivity contribution is 5.75. The maximum absolute atomic E-state index is 13.3. The number of carbonyl (C=O) groups is 1. The molecule has 1 N–H and O–H groups in total. The third kappa shape index (κ3) is 4.06. The molecule has 5 nitrogen and oxygen atoms in total. The van der Waals surface area contributed by atoms with Gasteiger partial charge >= 0.3 is 6.03 Å². The molecular formula is C22H25FN4O. The molecule has 1 aliphatic heterocycles. The monoisotopic (exact) mass is 380 g/mol. The number of carbonyl (C=O) groups excluding carboxylic acids is 1. The summed E-state index contributed by atoms with van der Waals surface area (Å²) < 4.78 is 13.3. The molecule has 4 rings (SSSR count). The summed E-state index contributed by atoms with van der Waals surface area (Å²) in [4.78, 5) is 23.6. The SMILES string of the molecule is CC(C)Cc1ncc2c(n1)CN(C(=O)NCC1=Cc3cc(F)ccc3C1)CC2. The lowest BCUT2D eigenvalue weighted by molar-refractivity contribution is 0.192. The summed E-state index contributed by atoms with van der Waals surface area (Å²) in [6, 6.07) is 4.75. The minimum absolute atomic E-state index is 0.0855. The zero-order valence-corrected chi connectivity index (χ0v) is 16.3. The molecule has 2 amide bonds. The molecule has 0 saturated heterocycles. The van der Waals surface area contributed by atoms with Crippen LogP contribution < -0.4 is 5.32 Å². The molecule has 0 bridgehead atoms. The number of rotatable bonds is 4. The van der Waals surface area contributed by atoms with Crippen molar-refractivity contribution in [2.45, 2.75) is 39.7 Å². The van der Waals surface area contributed by atoms with Gasteiger partial charge in [-0.25, -0.2) is 19.2 Å². The molecule has 146 valence electrons. The molecule has 0 atom stereocenters. The van der Waals surface area contributed by atoms with Crippen molar-refractivity contribution in [3.8, 4) is 0 Å². The highest BCUT2D eigenvalue weighted by atomic mass is 19.1. The van der Waals surface area contributed by atoms with Gasteiger partial charge in [-0.05, 0) is 53.2 Å². The first-order chi connectivity index (χ1) is 13.5. The van der Waals surface area contributed by atoms with Crippen molar-refractivity contribution in [1.29, 1.82) is 0 Å². The van der Waals surface area contributed by atoms with Crippen LogP contribution in [0.15, 0.2) is 30.0 Å². The van der Waals surface area contributed by atoms with Gasteiger partial charge in [0.15, 0.2) is 0 Å². The van der Waals surface area contributed by atoms with E-state index in [0.717, 1.165) is 53.0 Å². The Labute approximate surface area is 164 Å². The summed E-state index contributed by atoms with van der Waals surface area (Å²) in [5.41, 5.74) is 5.19. The minimum atomic E-state index is -0.230. The van der Waals surface area contributed by atoms with Crippen LogP contribution >= 0.6 is 0 Å². The van der Waals surface area contributed by atoms with Gasteiger partial charge in [0.05, 0.1) is 12.2 Å². The van der Waals surface area contributed by atoms with E-state index >= 15 is 0 Å². The first kappa shape index (κ1) is 18.6. The Balaban J connectivity index is 1.36. The fourth-order valence-corrected chi connectivity index (χ4v) is 3.77. The molecule has 1 aliphatic carbocycles. The molecule has 0 radical (unpaired) electrons. The van der Waals surface area contributed by atoms with Gasteiger partial charge in [0.2, 0.25) is 0 Å². The van der Waals surface area contributed by atoms with Crippen molar-refractivity contribution in [3.63, 3.8) is 0 Å². The maximum Gasteiger partial charge on any atom is 0.318 e. The number of halogens is 1. The molecular weight excluding hydrogens is 355 g/mol. The Morgan fingerprint density at radius 3 is 3.00 bits per heavy atom. The highest BCUT2D eigenvalue weighted by Crippen LogP contribution is 2.25. The number of urea groups is 1. The largest absolute Gasteiger partial charge is 0.334 e. The van der Waals surface area contributed by atoms with E-state index in [-0.39, 0.29) is 11.8 Å². The van der Waals surface area contributed by atoms with Gasteiger partial charge in [-0.2, -0.15) is 0 Å². The Morgan fingerprint density at radius 2 is 2.18 bits per heavy atom. The number of nitrogens with zero attached hydrogens (tertiary/aromatic N) is 3. The summed E-state index contributed by atoms with van der Waals surface area (Å²) in [5.74, 6) is 1.11. The Kier molecular flexibility index (Phi) is 5.11. The lowest BCUT2D eigenvalue weighted by atomic mass is 10.1. The van der Waals surface area contributed by atoms with Crippen LogP contribution in [0, 0.1) is 11.7 Å². The van der Waals surface area contributed by atoms with Crippen LogP contribution in [0.3, 0.4) is 0 Å². The standard InChI is InChI=1S/C22H25FN4O/c1-14(2)7-21-24-12-17-5-6-27(13-20(17)26-21)22(28)25-11-15-8-16-3-4-19(23)10-18(16)9-15/h3-4,9-10,12,14H,5-8,11,13H2,1-2H3,(H,25,28).